The Hall–Kier alpha value is -1.68. The summed E-state index contributed by atoms with van der Waals surface area (Å²) < 4.78 is 5.90. The molecular weight excluding hydrogens is 274 g/mol. The Balaban J connectivity index is 1.77. The van der Waals surface area contributed by atoms with Crippen LogP contribution in [0.1, 0.15) is 17.0 Å². The minimum atomic E-state index is -0.122. The summed E-state index contributed by atoms with van der Waals surface area (Å²) in [6, 6.07) is 20.9. The average molecular weight is 297 g/mol. The van der Waals surface area contributed by atoms with E-state index >= 15 is 0 Å². The molecule has 1 unspecified atom stereocenters. The van der Waals surface area contributed by atoms with E-state index in [0.717, 1.165) is 19.6 Å². The molecule has 1 aliphatic rings. The van der Waals surface area contributed by atoms with Crippen LogP contribution < -0.4 is 0 Å². The highest BCUT2D eigenvalue weighted by molar-refractivity contribution is 5.22. The normalized spacial score (nSPS) is 23.1. The maximum atomic E-state index is 9.68. The van der Waals surface area contributed by atoms with Gasteiger partial charge in [0, 0.05) is 25.6 Å². The zero-order chi connectivity index (χ0) is 15.2. The van der Waals surface area contributed by atoms with Crippen LogP contribution in [-0.4, -0.2) is 42.4 Å². The maximum absolute atomic E-state index is 9.68. The second-order valence-electron chi connectivity index (χ2n) is 5.83. The summed E-state index contributed by atoms with van der Waals surface area (Å²) in [7, 11) is 0. The van der Waals surface area contributed by atoms with E-state index in [-0.39, 0.29) is 18.6 Å². The highest BCUT2D eigenvalue weighted by atomic mass is 16.5. The molecule has 1 saturated heterocycles. The van der Waals surface area contributed by atoms with Gasteiger partial charge in [-0.15, -0.1) is 0 Å². The van der Waals surface area contributed by atoms with Gasteiger partial charge in [-0.1, -0.05) is 60.7 Å². The monoisotopic (exact) mass is 297 g/mol. The van der Waals surface area contributed by atoms with Gasteiger partial charge in [0.1, 0.15) is 0 Å². The van der Waals surface area contributed by atoms with E-state index in [1.807, 2.05) is 12.1 Å². The molecule has 1 aliphatic heterocycles. The molecule has 2 aromatic rings. The lowest BCUT2D eigenvalue weighted by molar-refractivity contribution is 0.0104. The van der Waals surface area contributed by atoms with E-state index in [2.05, 4.69) is 53.4 Å². The molecule has 0 bridgehead atoms. The number of nitrogens with zero attached hydrogens (tertiary/aromatic N) is 1. The Morgan fingerprint density at radius 3 is 2.36 bits per heavy atom. The number of aliphatic hydroxyl groups is 1. The molecule has 1 heterocycles. The number of rotatable bonds is 4. The Morgan fingerprint density at radius 1 is 1.00 bits per heavy atom. The molecule has 2 aromatic carbocycles. The minimum Gasteiger partial charge on any atom is -0.394 e. The molecule has 3 nitrogen and oxygen atoms in total. The SMILES string of the molecule is OC[C@@H]1OCCN(Cc2ccccc2)CC1c1ccccc1. The van der Waals surface area contributed by atoms with Gasteiger partial charge in [-0.2, -0.15) is 0 Å². The first-order chi connectivity index (χ1) is 10.9. The fourth-order valence-corrected chi connectivity index (χ4v) is 3.12. The Kier molecular flexibility index (Phi) is 5.22. The zero-order valence-electron chi connectivity index (χ0n) is 12.8. The number of benzene rings is 2. The van der Waals surface area contributed by atoms with Crippen molar-refractivity contribution in [1.82, 2.24) is 4.90 Å². The van der Waals surface area contributed by atoms with Crippen LogP contribution in [0.15, 0.2) is 60.7 Å². The maximum Gasteiger partial charge on any atom is 0.0886 e. The third-order valence-electron chi connectivity index (χ3n) is 4.30. The Labute approximate surface area is 132 Å². The predicted molar refractivity (Wildman–Crippen MR) is 87.7 cm³/mol. The molecule has 0 amide bonds. The second-order valence-corrected chi connectivity index (χ2v) is 5.83. The molecule has 0 saturated carbocycles. The number of hydrogen-bond acceptors (Lipinski definition) is 3. The fraction of sp³-hybridized carbons (Fsp3) is 0.368. The lowest BCUT2D eigenvalue weighted by Gasteiger charge is -2.27. The predicted octanol–water partition coefficient (Wildman–Crippen LogP) is 2.66. The van der Waals surface area contributed by atoms with Crippen LogP contribution in [0.5, 0.6) is 0 Å². The molecular formula is C19H23NO2. The third-order valence-corrected chi connectivity index (χ3v) is 4.30. The van der Waals surface area contributed by atoms with Crippen molar-refractivity contribution in [2.24, 2.45) is 0 Å². The van der Waals surface area contributed by atoms with E-state index in [1.54, 1.807) is 0 Å². The molecule has 22 heavy (non-hydrogen) atoms. The van der Waals surface area contributed by atoms with Crippen molar-refractivity contribution >= 4 is 0 Å². The summed E-state index contributed by atoms with van der Waals surface area (Å²) >= 11 is 0. The molecule has 2 atom stereocenters. The summed E-state index contributed by atoms with van der Waals surface area (Å²) in [6.07, 6.45) is -0.122. The van der Waals surface area contributed by atoms with Gasteiger partial charge >= 0.3 is 0 Å². The molecule has 3 rings (SSSR count). The molecule has 3 heteroatoms. The van der Waals surface area contributed by atoms with Crippen LogP contribution in [0.4, 0.5) is 0 Å². The quantitative estimate of drug-likeness (QED) is 0.942. The third kappa shape index (κ3) is 3.74. The van der Waals surface area contributed by atoms with Gasteiger partial charge in [-0.25, -0.2) is 0 Å². The van der Waals surface area contributed by atoms with E-state index < -0.39 is 0 Å². The fourth-order valence-electron chi connectivity index (χ4n) is 3.12. The van der Waals surface area contributed by atoms with E-state index in [4.69, 9.17) is 4.74 Å². The molecule has 1 fully saturated rings. The first-order valence-corrected chi connectivity index (χ1v) is 7.90. The lowest BCUT2D eigenvalue weighted by atomic mass is 9.93. The summed E-state index contributed by atoms with van der Waals surface area (Å²) in [6.45, 7) is 3.46. The van der Waals surface area contributed by atoms with Crippen molar-refractivity contribution in [3.05, 3.63) is 71.8 Å². The second kappa shape index (κ2) is 7.54. The lowest BCUT2D eigenvalue weighted by Crippen LogP contribution is -2.32. The number of ether oxygens (including phenoxy) is 1. The zero-order valence-corrected chi connectivity index (χ0v) is 12.8. The Morgan fingerprint density at radius 2 is 1.68 bits per heavy atom. The topological polar surface area (TPSA) is 32.7 Å². The van der Waals surface area contributed by atoms with Crippen LogP contribution in [0.25, 0.3) is 0 Å². The summed E-state index contributed by atoms with van der Waals surface area (Å²) in [5, 5.41) is 9.68. The van der Waals surface area contributed by atoms with Crippen LogP contribution >= 0.6 is 0 Å². The van der Waals surface area contributed by atoms with Crippen LogP contribution in [-0.2, 0) is 11.3 Å². The van der Waals surface area contributed by atoms with Gasteiger partial charge in [0.25, 0.3) is 0 Å². The molecule has 1 N–H and O–H groups in total. The standard InChI is InChI=1S/C19H23NO2/c21-15-19-18(17-9-5-2-6-10-17)14-20(11-12-22-19)13-16-7-3-1-4-8-16/h1-10,18-19,21H,11-15H2/t18?,19-/m0/s1. The van der Waals surface area contributed by atoms with Crippen molar-refractivity contribution in [3.63, 3.8) is 0 Å². The van der Waals surface area contributed by atoms with Gasteiger partial charge in [-0.05, 0) is 11.1 Å². The largest absolute Gasteiger partial charge is 0.394 e. The first kappa shape index (κ1) is 15.2. The summed E-state index contributed by atoms with van der Waals surface area (Å²) in [4.78, 5) is 2.42. The van der Waals surface area contributed by atoms with Crippen LogP contribution in [0.3, 0.4) is 0 Å². The first-order valence-electron chi connectivity index (χ1n) is 7.90. The smallest absolute Gasteiger partial charge is 0.0886 e. The molecule has 0 radical (unpaired) electrons. The molecule has 0 aliphatic carbocycles. The Bertz CT molecular complexity index is 558. The van der Waals surface area contributed by atoms with Crippen molar-refractivity contribution < 1.29 is 9.84 Å². The van der Waals surface area contributed by atoms with Gasteiger partial charge < -0.3 is 9.84 Å². The average Bonchev–Trinajstić information content (AvgIpc) is 2.78. The molecule has 0 spiro atoms. The number of hydrogen-bond donors (Lipinski definition) is 1. The van der Waals surface area contributed by atoms with Crippen molar-refractivity contribution in [2.45, 2.75) is 18.6 Å². The van der Waals surface area contributed by atoms with Crippen LogP contribution in [0, 0.1) is 0 Å². The van der Waals surface area contributed by atoms with Crippen molar-refractivity contribution in [1.29, 1.82) is 0 Å². The highest BCUT2D eigenvalue weighted by Gasteiger charge is 2.28. The molecule has 0 aromatic heterocycles. The van der Waals surface area contributed by atoms with Gasteiger partial charge in [0.05, 0.1) is 19.3 Å². The van der Waals surface area contributed by atoms with Gasteiger partial charge in [0.15, 0.2) is 0 Å². The summed E-state index contributed by atoms with van der Waals surface area (Å²) in [5.74, 6) is 0.206. The van der Waals surface area contributed by atoms with E-state index in [0.29, 0.717) is 6.61 Å². The molecule has 116 valence electrons. The van der Waals surface area contributed by atoms with Crippen molar-refractivity contribution in [3.8, 4) is 0 Å². The number of aliphatic hydroxyl groups excluding tert-OH is 1. The van der Waals surface area contributed by atoms with E-state index in [1.165, 1.54) is 11.1 Å². The van der Waals surface area contributed by atoms with Gasteiger partial charge in [-0.3, -0.25) is 4.90 Å². The van der Waals surface area contributed by atoms with Gasteiger partial charge in [0.2, 0.25) is 0 Å². The minimum absolute atomic E-state index is 0.0682. The highest BCUT2D eigenvalue weighted by Crippen LogP contribution is 2.26. The van der Waals surface area contributed by atoms with Crippen molar-refractivity contribution in [2.75, 3.05) is 26.3 Å². The van der Waals surface area contributed by atoms with Crippen LogP contribution in [0.2, 0.25) is 0 Å². The summed E-state index contributed by atoms with van der Waals surface area (Å²) in [5.41, 5.74) is 2.55. The van der Waals surface area contributed by atoms with E-state index in [9.17, 15) is 5.11 Å².